The summed E-state index contributed by atoms with van der Waals surface area (Å²) in [5.74, 6) is 1.68. The Kier molecular flexibility index (Phi) is 3.64. The molecule has 3 heteroatoms. The summed E-state index contributed by atoms with van der Waals surface area (Å²) >= 11 is 0. The van der Waals surface area contributed by atoms with Crippen molar-refractivity contribution in [2.75, 3.05) is 0 Å². The van der Waals surface area contributed by atoms with Crippen molar-refractivity contribution >= 4 is 0 Å². The lowest BCUT2D eigenvalue weighted by molar-refractivity contribution is 0.226. The fraction of sp³-hybridized carbons (Fsp3) is 0.769. The van der Waals surface area contributed by atoms with Crippen LogP contribution in [-0.4, -0.2) is 15.8 Å². The molecule has 0 bridgehead atoms. The number of nitrogens with zero attached hydrogens (tertiary/aromatic N) is 2. The van der Waals surface area contributed by atoms with E-state index in [4.69, 9.17) is 0 Å². The second-order valence-corrected chi connectivity index (χ2v) is 5.33. The molecule has 1 aliphatic carbocycles. The first-order chi connectivity index (χ1) is 7.66. The van der Waals surface area contributed by atoms with Gasteiger partial charge >= 0.3 is 0 Å². The van der Waals surface area contributed by atoms with Gasteiger partial charge in [-0.3, -0.25) is 4.68 Å². The number of aryl methyl sites for hydroxylation is 1. The normalized spacial score (nSPS) is 30.6. The number of hydrogen-bond donors (Lipinski definition) is 1. The first-order valence-corrected chi connectivity index (χ1v) is 6.37. The number of hydrogen-bond acceptors (Lipinski definition) is 2. The van der Waals surface area contributed by atoms with E-state index in [1.54, 1.807) is 0 Å². The molecule has 2 rings (SSSR count). The lowest BCUT2D eigenvalue weighted by Crippen LogP contribution is -2.39. The van der Waals surface area contributed by atoms with Crippen molar-refractivity contribution in [2.45, 2.75) is 45.7 Å². The second-order valence-electron chi connectivity index (χ2n) is 5.33. The highest BCUT2D eigenvalue weighted by Gasteiger charge is 2.24. The van der Waals surface area contributed by atoms with Crippen LogP contribution >= 0.6 is 0 Å². The summed E-state index contributed by atoms with van der Waals surface area (Å²) in [5, 5.41) is 7.88. The van der Waals surface area contributed by atoms with E-state index in [0.29, 0.717) is 6.04 Å². The van der Waals surface area contributed by atoms with E-state index < -0.39 is 0 Å². The van der Waals surface area contributed by atoms with Gasteiger partial charge < -0.3 is 5.32 Å². The van der Waals surface area contributed by atoms with E-state index >= 15 is 0 Å². The fourth-order valence-corrected chi connectivity index (χ4v) is 2.63. The van der Waals surface area contributed by atoms with Crippen molar-refractivity contribution in [1.82, 2.24) is 15.1 Å². The molecule has 1 aliphatic rings. The summed E-state index contributed by atoms with van der Waals surface area (Å²) in [6.45, 7) is 5.68. The van der Waals surface area contributed by atoms with Gasteiger partial charge in [-0.1, -0.05) is 20.3 Å². The van der Waals surface area contributed by atoms with E-state index in [-0.39, 0.29) is 0 Å². The number of aromatic nitrogens is 2. The van der Waals surface area contributed by atoms with Crippen LogP contribution in [0.25, 0.3) is 0 Å². The average Bonchev–Trinajstić information content (AvgIpc) is 2.66. The van der Waals surface area contributed by atoms with Gasteiger partial charge in [0.1, 0.15) is 0 Å². The molecule has 0 saturated heterocycles. The molecule has 1 saturated carbocycles. The third kappa shape index (κ3) is 2.64. The highest BCUT2D eigenvalue weighted by atomic mass is 15.3. The van der Waals surface area contributed by atoms with Crippen LogP contribution in [0.2, 0.25) is 0 Å². The van der Waals surface area contributed by atoms with Crippen molar-refractivity contribution in [1.29, 1.82) is 0 Å². The number of rotatable bonds is 3. The molecule has 1 heterocycles. The molecule has 90 valence electrons. The van der Waals surface area contributed by atoms with Crippen LogP contribution in [0.4, 0.5) is 0 Å². The molecule has 0 amide bonds. The van der Waals surface area contributed by atoms with Crippen LogP contribution in [0.15, 0.2) is 12.3 Å². The largest absolute Gasteiger partial charge is 0.308 e. The standard InChI is InChI=1S/C13H23N3/c1-10-4-5-11(2)13(8-10)14-9-12-6-7-15-16(12)3/h6-7,10-11,13-14H,4-5,8-9H2,1-3H3. The Hall–Kier alpha value is -0.830. The van der Waals surface area contributed by atoms with E-state index in [1.165, 1.54) is 25.0 Å². The van der Waals surface area contributed by atoms with Gasteiger partial charge in [0.05, 0.1) is 5.69 Å². The molecule has 3 atom stereocenters. The topological polar surface area (TPSA) is 29.9 Å². The second kappa shape index (κ2) is 5.00. The highest BCUT2D eigenvalue weighted by molar-refractivity contribution is 5.00. The Morgan fingerprint density at radius 2 is 2.25 bits per heavy atom. The van der Waals surface area contributed by atoms with Crippen LogP contribution in [0, 0.1) is 11.8 Å². The van der Waals surface area contributed by atoms with Crippen LogP contribution < -0.4 is 5.32 Å². The molecule has 0 aromatic carbocycles. The van der Waals surface area contributed by atoms with Gasteiger partial charge in [0.25, 0.3) is 0 Å². The van der Waals surface area contributed by atoms with Crippen LogP contribution in [-0.2, 0) is 13.6 Å². The molecule has 16 heavy (non-hydrogen) atoms. The van der Waals surface area contributed by atoms with Gasteiger partial charge in [-0.2, -0.15) is 5.10 Å². The predicted molar refractivity (Wildman–Crippen MR) is 66.0 cm³/mol. The summed E-state index contributed by atoms with van der Waals surface area (Å²) in [6, 6.07) is 2.77. The first kappa shape index (κ1) is 11.6. The van der Waals surface area contributed by atoms with Crippen molar-refractivity contribution < 1.29 is 0 Å². The van der Waals surface area contributed by atoms with Gasteiger partial charge in [0.15, 0.2) is 0 Å². The predicted octanol–water partition coefficient (Wildman–Crippen LogP) is 2.33. The van der Waals surface area contributed by atoms with Crippen molar-refractivity contribution in [3.8, 4) is 0 Å². The molecule has 0 radical (unpaired) electrons. The monoisotopic (exact) mass is 221 g/mol. The summed E-state index contributed by atoms with van der Waals surface area (Å²) < 4.78 is 1.95. The number of nitrogens with one attached hydrogen (secondary N) is 1. The molecule has 3 unspecified atom stereocenters. The minimum absolute atomic E-state index is 0.679. The maximum Gasteiger partial charge on any atom is 0.0518 e. The third-order valence-corrected chi connectivity index (χ3v) is 3.93. The highest BCUT2D eigenvalue weighted by Crippen LogP contribution is 2.28. The Bertz CT molecular complexity index is 332. The SMILES string of the molecule is CC1CCC(C)C(NCc2ccnn2C)C1. The zero-order valence-corrected chi connectivity index (χ0v) is 10.6. The van der Waals surface area contributed by atoms with Crippen molar-refractivity contribution in [3.05, 3.63) is 18.0 Å². The van der Waals surface area contributed by atoms with Crippen LogP contribution in [0.1, 0.15) is 38.8 Å². The minimum Gasteiger partial charge on any atom is -0.308 e. The molecular formula is C13H23N3. The van der Waals surface area contributed by atoms with E-state index in [0.717, 1.165) is 18.4 Å². The smallest absolute Gasteiger partial charge is 0.0518 e. The zero-order chi connectivity index (χ0) is 11.5. The molecule has 0 spiro atoms. The molecule has 1 aromatic rings. The molecule has 1 fully saturated rings. The van der Waals surface area contributed by atoms with E-state index in [2.05, 4.69) is 30.3 Å². The lowest BCUT2D eigenvalue weighted by atomic mass is 9.80. The summed E-state index contributed by atoms with van der Waals surface area (Å²) in [5.41, 5.74) is 1.27. The zero-order valence-electron chi connectivity index (χ0n) is 10.6. The van der Waals surface area contributed by atoms with Gasteiger partial charge in [0, 0.05) is 25.8 Å². The maximum atomic E-state index is 4.19. The Morgan fingerprint density at radius 1 is 1.44 bits per heavy atom. The molecular weight excluding hydrogens is 198 g/mol. The maximum absolute atomic E-state index is 4.19. The summed E-state index contributed by atoms with van der Waals surface area (Å²) in [4.78, 5) is 0. The summed E-state index contributed by atoms with van der Waals surface area (Å²) in [6.07, 6.45) is 5.94. The molecule has 1 aromatic heterocycles. The van der Waals surface area contributed by atoms with Crippen LogP contribution in [0.3, 0.4) is 0 Å². The Labute approximate surface area is 98.2 Å². The fourth-order valence-electron chi connectivity index (χ4n) is 2.63. The van der Waals surface area contributed by atoms with Gasteiger partial charge in [0.2, 0.25) is 0 Å². The van der Waals surface area contributed by atoms with E-state index in [9.17, 15) is 0 Å². The van der Waals surface area contributed by atoms with Gasteiger partial charge in [-0.15, -0.1) is 0 Å². The van der Waals surface area contributed by atoms with Crippen LogP contribution in [0.5, 0.6) is 0 Å². The molecule has 3 nitrogen and oxygen atoms in total. The van der Waals surface area contributed by atoms with Gasteiger partial charge in [-0.05, 0) is 30.7 Å². The quantitative estimate of drug-likeness (QED) is 0.849. The molecule has 0 aliphatic heterocycles. The van der Waals surface area contributed by atoms with E-state index in [1.807, 2.05) is 17.9 Å². The minimum atomic E-state index is 0.679. The first-order valence-electron chi connectivity index (χ1n) is 6.37. The Morgan fingerprint density at radius 3 is 2.94 bits per heavy atom. The summed E-state index contributed by atoms with van der Waals surface area (Å²) in [7, 11) is 2.00. The third-order valence-electron chi connectivity index (χ3n) is 3.93. The lowest BCUT2D eigenvalue weighted by Gasteiger charge is -2.33. The molecule has 1 N–H and O–H groups in total. The van der Waals surface area contributed by atoms with Crippen molar-refractivity contribution in [3.63, 3.8) is 0 Å². The Balaban J connectivity index is 1.87. The van der Waals surface area contributed by atoms with Crippen molar-refractivity contribution in [2.24, 2.45) is 18.9 Å². The van der Waals surface area contributed by atoms with Gasteiger partial charge in [-0.25, -0.2) is 0 Å². The average molecular weight is 221 g/mol.